The predicted molar refractivity (Wildman–Crippen MR) is 79.2 cm³/mol. The molecule has 1 N–H and O–H groups in total. The summed E-state index contributed by atoms with van der Waals surface area (Å²) < 4.78 is 0. The molecule has 1 atom stereocenters. The van der Waals surface area contributed by atoms with Gasteiger partial charge < -0.3 is 5.32 Å². The molecule has 0 saturated heterocycles. The number of nitrogens with zero attached hydrogens (tertiary/aromatic N) is 1. The Balaban J connectivity index is 2.11. The van der Waals surface area contributed by atoms with Gasteiger partial charge in [-0.05, 0) is 38.1 Å². The molecule has 2 rings (SSSR count). The number of thiazole rings is 1. The van der Waals surface area contributed by atoms with Gasteiger partial charge in [-0.15, -0.1) is 11.3 Å². The molecule has 0 radical (unpaired) electrons. The molecule has 1 saturated carbocycles. The van der Waals surface area contributed by atoms with Gasteiger partial charge in [0.2, 0.25) is 0 Å². The van der Waals surface area contributed by atoms with Gasteiger partial charge in [-0.1, -0.05) is 26.7 Å². The van der Waals surface area contributed by atoms with Gasteiger partial charge in [0.25, 0.3) is 0 Å². The van der Waals surface area contributed by atoms with Crippen LogP contribution < -0.4 is 5.32 Å². The fourth-order valence-corrected chi connectivity index (χ4v) is 4.27. The predicted octanol–water partition coefficient (Wildman–Crippen LogP) is 3.94. The molecule has 1 fully saturated rings. The second kappa shape index (κ2) is 6.16. The number of aryl methyl sites for hydroxylation is 1. The van der Waals surface area contributed by atoms with E-state index in [9.17, 15) is 0 Å². The summed E-state index contributed by atoms with van der Waals surface area (Å²) in [5, 5.41) is 7.22. The Morgan fingerprint density at radius 3 is 2.61 bits per heavy atom. The van der Waals surface area contributed by atoms with E-state index in [2.05, 4.69) is 36.5 Å². The summed E-state index contributed by atoms with van der Waals surface area (Å²) in [6.07, 6.45) is 8.02. The first-order chi connectivity index (χ1) is 8.70. The van der Waals surface area contributed by atoms with Crippen LogP contribution in [0.1, 0.15) is 56.7 Å². The van der Waals surface area contributed by atoms with Crippen molar-refractivity contribution >= 4 is 11.3 Å². The maximum Gasteiger partial charge on any atom is 0.0943 e. The van der Waals surface area contributed by atoms with Crippen molar-refractivity contribution in [2.24, 2.45) is 5.41 Å². The first kappa shape index (κ1) is 14.0. The van der Waals surface area contributed by atoms with E-state index in [1.807, 2.05) is 11.3 Å². The molecule has 1 aromatic heterocycles. The van der Waals surface area contributed by atoms with Crippen LogP contribution in [-0.4, -0.2) is 17.6 Å². The van der Waals surface area contributed by atoms with Crippen LogP contribution in [0.5, 0.6) is 0 Å². The molecule has 18 heavy (non-hydrogen) atoms. The van der Waals surface area contributed by atoms with Crippen molar-refractivity contribution in [1.29, 1.82) is 0 Å². The number of nitrogens with one attached hydrogen (secondary N) is 1. The van der Waals surface area contributed by atoms with E-state index in [0.717, 1.165) is 13.0 Å². The van der Waals surface area contributed by atoms with Gasteiger partial charge >= 0.3 is 0 Å². The topological polar surface area (TPSA) is 24.9 Å². The van der Waals surface area contributed by atoms with Gasteiger partial charge in [0.05, 0.1) is 5.01 Å². The summed E-state index contributed by atoms with van der Waals surface area (Å²) in [6.45, 7) is 7.74. The standard InChI is InChI=1S/C15H26N2S/c1-4-15(8-6-7-9-15)13(16-5-2)10-14-17-12(3)11-18-14/h11,13,16H,4-10H2,1-3H3. The number of rotatable bonds is 6. The van der Waals surface area contributed by atoms with Crippen molar-refractivity contribution < 1.29 is 0 Å². The third-order valence-corrected chi connectivity index (χ3v) is 5.53. The fraction of sp³-hybridized carbons (Fsp3) is 0.800. The number of hydrogen-bond acceptors (Lipinski definition) is 3. The highest BCUT2D eigenvalue weighted by atomic mass is 32.1. The molecule has 0 spiro atoms. The molecule has 0 aromatic carbocycles. The number of aromatic nitrogens is 1. The zero-order valence-electron chi connectivity index (χ0n) is 12.0. The van der Waals surface area contributed by atoms with Crippen molar-refractivity contribution in [1.82, 2.24) is 10.3 Å². The minimum Gasteiger partial charge on any atom is -0.313 e. The van der Waals surface area contributed by atoms with Crippen molar-refractivity contribution in [3.63, 3.8) is 0 Å². The minimum atomic E-state index is 0.523. The highest BCUT2D eigenvalue weighted by Crippen LogP contribution is 2.44. The highest BCUT2D eigenvalue weighted by Gasteiger charge is 2.39. The first-order valence-electron chi connectivity index (χ1n) is 7.34. The second-order valence-corrected chi connectivity index (χ2v) is 6.56. The van der Waals surface area contributed by atoms with Crippen LogP contribution in [0.2, 0.25) is 0 Å². The van der Waals surface area contributed by atoms with Gasteiger partial charge in [0.15, 0.2) is 0 Å². The lowest BCUT2D eigenvalue weighted by atomic mass is 9.75. The summed E-state index contributed by atoms with van der Waals surface area (Å²) in [5.74, 6) is 0. The Bertz CT molecular complexity index is 366. The number of hydrogen-bond donors (Lipinski definition) is 1. The van der Waals surface area contributed by atoms with E-state index in [4.69, 9.17) is 0 Å². The summed E-state index contributed by atoms with van der Waals surface area (Å²) in [7, 11) is 0. The van der Waals surface area contributed by atoms with Crippen molar-refractivity contribution in [3.05, 3.63) is 16.1 Å². The van der Waals surface area contributed by atoms with Gasteiger partial charge in [0.1, 0.15) is 0 Å². The number of likely N-dealkylation sites (N-methyl/N-ethyl adjacent to an activating group) is 1. The highest BCUT2D eigenvalue weighted by molar-refractivity contribution is 7.09. The SMILES string of the molecule is CCNC(Cc1nc(C)cs1)C1(CC)CCCC1. The molecule has 1 heterocycles. The van der Waals surface area contributed by atoms with Gasteiger partial charge in [0, 0.05) is 23.5 Å². The van der Waals surface area contributed by atoms with Crippen LogP contribution in [0.3, 0.4) is 0 Å². The molecule has 102 valence electrons. The largest absolute Gasteiger partial charge is 0.313 e. The van der Waals surface area contributed by atoms with Crippen molar-refractivity contribution in [2.75, 3.05) is 6.54 Å². The molecule has 1 aliphatic rings. The molecule has 2 nitrogen and oxygen atoms in total. The van der Waals surface area contributed by atoms with E-state index in [1.165, 1.54) is 42.8 Å². The molecular formula is C15H26N2S. The quantitative estimate of drug-likeness (QED) is 0.843. The van der Waals surface area contributed by atoms with Crippen LogP contribution in [-0.2, 0) is 6.42 Å². The average Bonchev–Trinajstić information content (AvgIpc) is 2.98. The van der Waals surface area contributed by atoms with E-state index in [-0.39, 0.29) is 0 Å². The fourth-order valence-electron chi connectivity index (χ4n) is 3.45. The summed E-state index contributed by atoms with van der Waals surface area (Å²) in [6, 6.07) is 0.612. The Hall–Kier alpha value is -0.410. The van der Waals surface area contributed by atoms with Crippen LogP contribution in [0, 0.1) is 12.3 Å². The van der Waals surface area contributed by atoms with Gasteiger partial charge in [-0.3, -0.25) is 0 Å². The van der Waals surface area contributed by atoms with Crippen LogP contribution >= 0.6 is 11.3 Å². The molecule has 3 heteroatoms. The Kier molecular flexibility index (Phi) is 4.79. The summed E-state index contributed by atoms with van der Waals surface area (Å²) in [5.41, 5.74) is 1.69. The second-order valence-electron chi connectivity index (χ2n) is 5.62. The minimum absolute atomic E-state index is 0.523. The van der Waals surface area contributed by atoms with Crippen LogP contribution in [0.15, 0.2) is 5.38 Å². The normalized spacial score (nSPS) is 20.2. The first-order valence-corrected chi connectivity index (χ1v) is 8.22. The molecule has 0 bridgehead atoms. The maximum atomic E-state index is 4.65. The Morgan fingerprint density at radius 1 is 1.39 bits per heavy atom. The zero-order valence-corrected chi connectivity index (χ0v) is 12.8. The monoisotopic (exact) mass is 266 g/mol. The van der Waals surface area contributed by atoms with Gasteiger partial charge in [-0.25, -0.2) is 4.98 Å². The smallest absolute Gasteiger partial charge is 0.0943 e. The molecule has 0 aliphatic heterocycles. The summed E-state index contributed by atoms with van der Waals surface area (Å²) in [4.78, 5) is 4.65. The molecule has 0 amide bonds. The Labute approximate surface area is 115 Å². The Morgan fingerprint density at radius 2 is 2.11 bits per heavy atom. The molecule has 1 unspecified atom stereocenters. The van der Waals surface area contributed by atoms with E-state index >= 15 is 0 Å². The zero-order chi connectivity index (χ0) is 13.0. The van der Waals surface area contributed by atoms with Crippen molar-refractivity contribution in [3.8, 4) is 0 Å². The van der Waals surface area contributed by atoms with Crippen molar-refractivity contribution in [2.45, 2.75) is 65.3 Å². The maximum absolute atomic E-state index is 4.65. The van der Waals surface area contributed by atoms with Crippen LogP contribution in [0.4, 0.5) is 0 Å². The average molecular weight is 266 g/mol. The molecule has 1 aromatic rings. The third-order valence-electron chi connectivity index (χ3n) is 4.54. The lowest BCUT2D eigenvalue weighted by molar-refractivity contribution is 0.186. The molecular weight excluding hydrogens is 240 g/mol. The van der Waals surface area contributed by atoms with E-state index in [0.29, 0.717) is 11.5 Å². The molecule has 1 aliphatic carbocycles. The third kappa shape index (κ3) is 2.94. The van der Waals surface area contributed by atoms with Crippen LogP contribution in [0.25, 0.3) is 0 Å². The van der Waals surface area contributed by atoms with Gasteiger partial charge in [-0.2, -0.15) is 0 Å². The van der Waals surface area contributed by atoms with E-state index in [1.54, 1.807) is 0 Å². The lowest BCUT2D eigenvalue weighted by Crippen LogP contribution is -2.45. The lowest BCUT2D eigenvalue weighted by Gasteiger charge is -2.37. The van der Waals surface area contributed by atoms with E-state index < -0.39 is 0 Å². The summed E-state index contributed by atoms with van der Waals surface area (Å²) >= 11 is 1.82.